The smallest absolute Gasteiger partial charge is 0.298 e. The first-order chi connectivity index (χ1) is 9.83. The van der Waals surface area contributed by atoms with Gasteiger partial charge in [-0.15, -0.1) is 0 Å². The maximum atomic E-state index is 5.91. The van der Waals surface area contributed by atoms with Crippen LogP contribution >= 0.6 is 0 Å². The number of fused-ring (bicyclic) bond motifs is 2. The van der Waals surface area contributed by atoms with Crippen molar-refractivity contribution in [2.45, 2.75) is 19.4 Å². The van der Waals surface area contributed by atoms with Crippen molar-refractivity contribution >= 4 is 17.1 Å². The van der Waals surface area contributed by atoms with Gasteiger partial charge in [0.1, 0.15) is 5.52 Å². The van der Waals surface area contributed by atoms with Crippen molar-refractivity contribution in [3.63, 3.8) is 0 Å². The predicted molar refractivity (Wildman–Crippen MR) is 79.9 cm³/mol. The molecule has 0 radical (unpaired) electrons. The zero-order chi connectivity index (χ0) is 13.5. The molecule has 1 aliphatic heterocycles. The molecule has 1 aliphatic rings. The highest BCUT2D eigenvalue weighted by molar-refractivity contribution is 5.74. The van der Waals surface area contributed by atoms with Crippen LogP contribution in [0, 0.1) is 0 Å². The van der Waals surface area contributed by atoms with Gasteiger partial charge in [0.2, 0.25) is 0 Å². The molecule has 0 aliphatic carbocycles. The predicted octanol–water partition coefficient (Wildman–Crippen LogP) is 3.95. The summed E-state index contributed by atoms with van der Waals surface area (Å²) in [6.07, 6.45) is 1.04. The highest BCUT2D eigenvalue weighted by Gasteiger charge is 2.26. The Kier molecular flexibility index (Phi) is 2.52. The van der Waals surface area contributed by atoms with Crippen LogP contribution in [0.4, 0.5) is 6.01 Å². The van der Waals surface area contributed by atoms with Gasteiger partial charge in [-0.1, -0.05) is 36.4 Å². The van der Waals surface area contributed by atoms with E-state index in [9.17, 15) is 0 Å². The number of para-hydroxylation sites is 2. The van der Waals surface area contributed by atoms with Gasteiger partial charge in [0.05, 0.1) is 6.04 Å². The summed E-state index contributed by atoms with van der Waals surface area (Å²) in [4.78, 5) is 6.87. The Morgan fingerprint density at radius 1 is 1.10 bits per heavy atom. The molecule has 1 unspecified atom stereocenters. The van der Waals surface area contributed by atoms with E-state index in [0.717, 1.165) is 30.1 Å². The summed E-state index contributed by atoms with van der Waals surface area (Å²) in [5.74, 6) is 0. The molecule has 3 aromatic rings. The van der Waals surface area contributed by atoms with Gasteiger partial charge in [-0.05, 0) is 36.6 Å². The first-order valence-electron chi connectivity index (χ1n) is 7.03. The Bertz CT molecular complexity index is 729. The molecule has 0 fully saturated rings. The van der Waals surface area contributed by atoms with E-state index in [-0.39, 0.29) is 0 Å². The summed E-state index contributed by atoms with van der Waals surface area (Å²) >= 11 is 0. The summed E-state index contributed by atoms with van der Waals surface area (Å²) in [6, 6.07) is 17.6. The molecule has 0 amide bonds. The van der Waals surface area contributed by atoms with Crippen molar-refractivity contribution in [1.82, 2.24) is 4.98 Å². The second kappa shape index (κ2) is 4.37. The monoisotopic (exact) mass is 264 g/mol. The normalized spacial score (nSPS) is 18.2. The van der Waals surface area contributed by atoms with Crippen molar-refractivity contribution in [2.24, 2.45) is 0 Å². The first kappa shape index (κ1) is 11.5. The van der Waals surface area contributed by atoms with E-state index < -0.39 is 0 Å². The fraction of sp³-hybridized carbons (Fsp3) is 0.235. The molecule has 0 N–H and O–H groups in total. The zero-order valence-corrected chi connectivity index (χ0v) is 11.4. The highest BCUT2D eigenvalue weighted by atomic mass is 16.4. The van der Waals surface area contributed by atoms with E-state index in [1.54, 1.807) is 0 Å². The third-order valence-electron chi connectivity index (χ3n) is 4.12. The van der Waals surface area contributed by atoms with Crippen LogP contribution < -0.4 is 4.90 Å². The standard InChI is InChI=1S/C17H16N2O/c1-12-14-7-3-2-6-13(14)10-11-19(12)17-18-15-8-4-5-9-16(15)20-17/h2-9,12H,10-11H2,1H3. The zero-order valence-electron chi connectivity index (χ0n) is 11.4. The van der Waals surface area contributed by atoms with E-state index in [0.29, 0.717) is 6.04 Å². The number of aromatic nitrogens is 1. The van der Waals surface area contributed by atoms with Crippen LogP contribution in [0.25, 0.3) is 11.1 Å². The maximum Gasteiger partial charge on any atom is 0.298 e. The fourth-order valence-electron chi connectivity index (χ4n) is 3.02. The molecular weight excluding hydrogens is 248 g/mol. The number of hydrogen-bond donors (Lipinski definition) is 0. The van der Waals surface area contributed by atoms with E-state index in [2.05, 4.69) is 41.1 Å². The number of oxazole rings is 1. The fourth-order valence-corrected chi connectivity index (χ4v) is 3.02. The Labute approximate surface area is 117 Å². The molecule has 1 aromatic heterocycles. The second-order valence-corrected chi connectivity index (χ2v) is 5.28. The Hall–Kier alpha value is -2.29. The third kappa shape index (κ3) is 1.70. The Balaban J connectivity index is 1.76. The minimum Gasteiger partial charge on any atom is -0.423 e. The van der Waals surface area contributed by atoms with Gasteiger partial charge in [-0.3, -0.25) is 0 Å². The first-order valence-corrected chi connectivity index (χ1v) is 7.03. The van der Waals surface area contributed by atoms with Crippen LogP contribution in [0.3, 0.4) is 0 Å². The van der Waals surface area contributed by atoms with Crippen LogP contribution in [0.2, 0.25) is 0 Å². The summed E-state index contributed by atoms with van der Waals surface area (Å²) in [5.41, 5.74) is 4.59. The largest absolute Gasteiger partial charge is 0.423 e. The van der Waals surface area contributed by atoms with Gasteiger partial charge >= 0.3 is 0 Å². The van der Waals surface area contributed by atoms with Crippen LogP contribution in [-0.4, -0.2) is 11.5 Å². The lowest BCUT2D eigenvalue weighted by Crippen LogP contribution is -2.34. The van der Waals surface area contributed by atoms with E-state index in [4.69, 9.17) is 4.42 Å². The molecule has 0 bridgehead atoms. The summed E-state index contributed by atoms with van der Waals surface area (Å²) in [6.45, 7) is 3.16. The number of benzene rings is 2. The molecule has 4 rings (SSSR count). The number of rotatable bonds is 1. The summed E-state index contributed by atoms with van der Waals surface area (Å²) < 4.78 is 5.91. The summed E-state index contributed by atoms with van der Waals surface area (Å²) in [5, 5.41) is 0. The van der Waals surface area contributed by atoms with Crippen molar-refractivity contribution < 1.29 is 4.42 Å². The average molecular weight is 264 g/mol. The molecule has 1 atom stereocenters. The molecule has 2 heterocycles. The molecule has 20 heavy (non-hydrogen) atoms. The lowest BCUT2D eigenvalue weighted by molar-refractivity contribution is 0.517. The van der Waals surface area contributed by atoms with Crippen molar-refractivity contribution in [2.75, 3.05) is 11.4 Å². The lowest BCUT2D eigenvalue weighted by atomic mass is 9.94. The van der Waals surface area contributed by atoms with E-state index in [1.807, 2.05) is 24.3 Å². The molecule has 0 saturated heterocycles. The minimum atomic E-state index is 0.299. The number of nitrogens with zero attached hydrogens (tertiary/aromatic N) is 2. The maximum absolute atomic E-state index is 5.91. The SMILES string of the molecule is CC1c2ccccc2CCN1c1nc2ccccc2o1. The van der Waals surface area contributed by atoms with Crippen LogP contribution in [0.5, 0.6) is 0 Å². The lowest BCUT2D eigenvalue weighted by Gasteiger charge is -2.34. The van der Waals surface area contributed by atoms with Gasteiger partial charge in [0, 0.05) is 6.54 Å². The van der Waals surface area contributed by atoms with E-state index >= 15 is 0 Å². The van der Waals surface area contributed by atoms with Gasteiger partial charge < -0.3 is 9.32 Å². The van der Waals surface area contributed by atoms with Crippen LogP contribution in [-0.2, 0) is 6.42 Å². The Morgan fingerprint density at radius 2 is 1.90 bits per heavy atom. The summed E-state index contributed by atoms with van der Waals surface area (Å²) in [7, 11) is 0. The van der Waals surface area contributed by atoms with Crippen molar-refractivity contribution in [3.8, 4) is 0 Å². The topological polar surface area (TPSA) is 29.3 Å². The number of anilines is 1. The Morgan fingerprint density at radius 3 is 2.80 bits per heavy atom. The van der Waals surface area contributed by atoms with Gasteiger partial charge in [0.25, 0.3) is 6.01 Å². The van der Waals surface area contributed by atoms with Crippen molar-refractivity contribution in [3.05, 3.63) is 59.7 Å². The quantitative estimate of drug-likeness (QED) is 0.666. The molecular formula is C17H16N2O. The molecule has 3 heteroatoms. The average Bonchev–Trinajstić information content (AvgIpc) is 2.91. The highest BCUT2D eigenvalue weighted by Crippen LogP contribution is 2.34. The third-order valence-corrected chi connectivity index (χ3v) is 4.12. The minimum absolute atomic E-state index is 0.299. The van der Waals surface area contributed by atoms with Gasteiger partial charge in [0.15, 0.2) is 5.58 Å². The molecule has 0 saturated carbocycles. The van der Waals surface area contributed by atoms with E-state index in [1.165, 1.54) is 11.1 Å². The molecule has 0 spiro atoms. The van der Waals surface area contributed by atoms with Gasteiger partial charge in [-0.25, -0.2) is 0 Å². The van der Waals surface area contributed by atoms with Crippen molar-refractivity contribution in [1.29, 1.82) is 0 Å². The van der Waals surface area contributed by atoms with Crippen LogP contribution in [0.1, 0.15) is 24.1 Å². The van der Waals surface area contributed by atoms with Crippen LogP contribution in [0.15, 0.2) is 52.9 Å². The molecule has 3 nitrogen and oxygen atoms in total. The second-order valence-electron chi connectivity index (χ2n) is 5.28. The van der Waals surface area contributed by atoms with Gasteiger partial charge in [-0.2, -0.15) is 4.98 Å². The molecule has 2 aromatic carbocycles. The number of hydrogen-bond acceptors (Lipinski definition) is 3. The molecule has 100 valence electrons.